The van der Waals surface area contributed by atoms with E-state index in [1.54, 1.807) is 0 Å². The van der Waals surface area contributed by atoms with E-state index in [0.717, 1.165) is 6.42 Å². The van der Waals surface area contributed by atoms with E-state index in [-0.39, 0.29) is 6.04 Å². The highest BCUT2D eigenvalue weighted by Crippen LogP contribution is 2.26. The van der Waals surface area contributed by atoms with Gasteiger partial charge in [0.25, 0.3) is 0 Å². The molecule has 2 atom stereocenters. The Morgan fingerprint density at radius 2 is 2.09 bits per heavy atom. The highest BCUT2D eigenvalue weighted by molar-refractivity contribution is 4.99. The van der Waals surface area contributed by atoms with Crippen molar-refractivity contribution < 1.29 is 0 Å². The molecule has 0 amide bonds. The van der Waals surface area contributed by atoms with Crippen LogP contribution in [0, 0.1) is 17.2 Å². The standard InChI is InChI=1S/C9H16N2/c1-7(2)9-5-4-8(6-10)11(9)3/h7-9H,4-5H2,1-3H3. The minimum absolute atomic E-state index is 0.169. The molecule has 62 valence electrons. The molecular weight excluding hydrogens is 136 g/mol. The molecule has 1 saturated heterocycles. The van der Waals surface area contributed by atoms with Gasteiger partial charge in [0.05, 0.1) is 12.1 Å². The lowest BCUT2D eigenvalue weighted by molar-refractivity contribution is 0.224. The van der Waals surface area contributed by atoms with E-state index in [9.17, 15) is 0 Å². The maximum absolute atomic E-state index is 8.74. The molecule has 1 aliphatic rings. The summed E-state index contributed by atoms with van der Waals surface area (Å²) in [5.41, 5.74) is 0. The Hall–Kier alpha value is -0.550. The molecule has 2 nitrogen and oxygen atoms in total. The first-order valence-electron chi connectivity index (χ1n) is 4.28. The first kappa shape index (κ1) is 8.55. The molecule has 0 bridgehead atoms. The summed E-state index contributed by atoms with van der Waals surface area (Å²) in [6.45, 7) is 4.45. The van der Waals surface area contributed by atoms with Crippen LogP contribution in [0.15, 0.2) is 0 Å². The van der Waals surface area contributed by atoms with Gasteiger partial charge in [0.2, 0.25) is 0 Å². The molecule has 0 saturated carbocycles. The van der Waals surface area contributed by atoms with Crippen LogP contribution in [0.4, 0.5) is 0 Å². The SMILES string of the molecule is CC(C)C1CCC(C#N)N1C. The quantitative estimate of drug-likeness (QED) is 0.571. The minimum Gasteiger partial charge on any atom is -0.288 e. The van der Waals surface area contributed by atoms with Gasteiger partial charge < -0.3 is 0 Å². The summed E-state index contributed by atoms with van der Waals surface area (Å²) < 4.78 is 0. The Balaban J connectivity index is 2.57. The van der Waals surface area contributed by atoms with Crippen molar-refractivity contribution in [3.8, 4) is 6.07 Å². The molecule has 0 aromatic rings. The zero-order valence-corrected chi connectivity index (χ0v) is 7.54. The molecule has 0 aromatic carbocycles. The fraction of sp³-hybridized carbons (Fsp3) is 0.889. The van der Waals surface area contributed by atoms with E-state index in [4.69, 9.17) is 5.26 Å². The van der Waals surface area contributed by atoms with E-state index >= 15 is 0 Å². The van der Waals surface area contributed by atoms with Crippen molar-refractivity contribution in [2.45, 2.75) is 38.8 Å². The first-order chi connectivity index (χ1) is 5.16. The normalized spacial score (nSPS) is 32.6. The number of likely N-dealkylation sites (tertiary alicyclic amines) is 1. The van der Waals surface area contributed by atoms with Gasteiger partial charge in [0, 0.05) is 6.04 Å². The smallest absolute Gasteiger partial charge is 0.0978 e. The summed E-state index contributed by atoms with van der Waals surface area (Å²) in [6.07, 6.45) is 2.24. The Kier molecular flexibility index (Phi) is 2.51. The molecule has 0 radical (unpaired) electrons. The third-order valence-electron chi connectivity index (χ3n) is 2.67. The summed E-state index contributed by atoms with van der Waals surface area (Å²) in [6, 6.07) is 3.12. The second-order valence-corrected chi connectivity index (χ2v) is 3.70. The largest absolute Gasteiger partial charge is 0.288 e. The fourth-order valence-corrected chi connectivity index (χ4v) is 1.93. The molecule has 1 rings (SSSR count). The van der Waals surface area contributed by atoms with Gasteiger partial charge in [-0.1, -0.05) is 13.8 Å². The summed E-state index contributed by atoms with van der Waals surface area (Å²) >= 11 is 0. The maximum Gasteiger partial charge on any atom is 0.0978 e. The van der Waals surface area contributed by atoms with Crippen molar-refractivity contribution in [2.24, 2.45) is 5.92 Å². The molecule has 2 heteroatoms. The van der Waals surface area contributed by atoms with E-state index in [1.165, 1.54) is 6.42 Å². The first-order valence-corrected chi connectivity index (χ1v) is 4.28. The van der Waals surface area contributed by atoms with Crippen LogP contribution in [-0.2, 0) is 0 Å². The van der Waals surface area contributed by atoms with Crippen molar-refractivity contribution in [3.63, 3.8) is 0 Å². The van der Waals surface area contributed by atoms with Gasteiger partial charge in [0.1, 0.15) is 0 Å². The van der Waals surface area contributed by atoms with Crippen molar-refractivity contribution in [3.05, 3.63) is 0 Å². The van der Waals surface area contributed by atoms with E-state index in [0.29, 0.717) is 12.0 Å². The van der Waals surface area contributed by atoms with Gasteiger partial charge in [-0.3, -0.25) is 4.90 Å². The van der Waals surface area contributed by atoms with Crippen molar-refractivity contribution >= 4 is 0 Å². The molecule has 0 aliphatic carbocycles. The number of hydrogen-bond donors (Lipinski definition) is 0. The second-order valence-electron chi connectivity index (χ2n) is 3.70. The van der Waals surface area contributed by atoms with Crippen LogP contribution in [0.1, 0.15) is 26.7 Å². The van der Waals surface area contributed by atoms with Gasteiger partial charge in [-0.05, 0) is 25.8 Å². The molecule has 2 unspecified atom stereocenters. The third kappa shape index (κ3) is 1.54. The van der Waals surface area contributed by atoms with Crippen LogP contribution in [0.5, 0.6) is 0 Å². The zero-order valence-electron chi connectivity index (χ0n) is 7.54. The third-order valence-corrected chi connectivity index (χ3v) is 2.67. The molecule has 0 spiro atoms. The summed E-state index contributed by atoms with van der Waals surface area (Å²) in [4.78, 5) is 2.21. The molecule has 1 fully saturated rings. The highest BCUT2D eigenvalue weighted by atomic mass is 15.2. The van der Waals surface area contributed by atoms with Crippen LogP contribution >= 0.6 is 0 Å². The molecule has 1 aliphatic heterocycles. The van der Waals surface area contributed by atoms with Crippen LogP contribution in [0.2, 0.25) is 0 Å². The number of rotatable bonds is 1. The molecule has 0 aromatic heterocycles. The topological polar surface area (TPSA) is 27.0 Å². The van der Waals surface area contributed by atoms with E-state index in [2.05, 4.69) is 31.9 Å². The van der Waals surface area contributed by atoms with Gasteiger partial charge in [-0.2, -0.15) is 5.26 Å². The minimum atomic E-state index is 0.169. The lowest BCUT2D eigenvalue weighted by atomic mass is 10.0. The van der Waals surface area contributed by atoms with Gasteiger partial charge in [0.15, 0.2) is 0 Å². The average molecular weight is 152 g/mol. The predicted molar refractivity (Wildman–Crippen MR) is 45.0 cm³/mol. The van der Waals surface area contributed by atoms with Crippen molar-refractivity contribution in [1.29, 1.82) is 5.26 Å². The van der Waals surface area contributed by atoms with Gasteiger partial charge >= 0.3 is 0 Å². The van der Waals surface area contributed by atoms with Crippen LogP contribution in [-0.4, -0.2) is 24.0 Å². The molecule has 11 heavy (non-hydrogen) atoms. The lowest BCUT2D eigenvalue weighted by Crippen LogP contribution is -2.34. The molecule has 0 N–H and O–H groups in total. The highest BCUT2D eigenvalue weighted by Gasteiger charge is 2.31. The summed E-state index contributed by atoms with van der Waals surface area (Å²) in [7, 11) is 2.06. The van der Waals surface area contributed by atoms with E-state index in [1.807, 2.05) is 0 Å². The lowest BCUT2D eigenvalue weighted by Gasteiger charge is -2.24. The zero-order chi connectivity index (χ0) is 8.43. The number of hydrogen-bond acceptors (Lipinski definition) is 2. The van der Waals surface area contributed by atoms with E-state index < -0.39 is 0 Å². The van der Waals surface area contributed by atoms with Gasteiger partial charge in [-0.25, -0.2) is 0 Å². The summed E-state index contributed by atoms with van der Waals surface area (Å²) in [5.74, 6) is 0.679. The Morgan fingerprint density at radius 3 is 2.36 bits per heavy atom. The number of nitrogens with zero attached hydrogens (tertiary/aromatic N) is 2. The Morgan fingerprint density at radius 1 is 1.45 bits per heavy atom. The Labute approximate surface area is 68.8 Å². The Bertz CT molecular complexity index is 169. The fourth-order valence-electron chi connectivity index (χ4n) is 1.93. The average Bonchev–Trinajstić information content (AvgIpc) is 2.30. The van der Waals surface area contributed by atoms with Crippen molar-refractivity contribution in [1.82, 2.24) is 4.90 Å². The van der Waals surface area contributed by atoms with Crippen LogP contribution in [0.25, 0.3) is 0 Å². The van der Waals surface area contributed by atoms with Crippen molar-refractivity contribution in [2.75, 3.05) is 7.05 Å². The van der Waals surface area contributed by atoms with Crippen LogP contribution < -0.4 is 0 Å². The second kappa shape index (κ2) is 3.23. The molecule has 1 heterocycles. The summed E-state index contributed by atoms with van der Waals surface area (Å²) in [5, 5.41) is 8.74. The maximum atomic E-state index is 8.74. The van der Waals surface area contributed by atoms with Crippen LogP contribution in [0.3, 0.4) is 0 Å². The van der Waals surface area contributed by atoms with Gasteiger partial charge in [-0.15, -0.1) is 0 Å². The molecular formula is C9H16N2. The predicted octanol–water partition coefficient (Wildman–Crippen LogP) is 1.63. The number of nitriles is 1. The monoisotopic (exact) mass is 152 g/mol.